The van der Waals surface area contributed by atoms with Crippen molar-refractivity contribution in [2.24, 2.45) is 5.92 Å². The SMILES string of the molecule is Oc1ccc2c(c1)[C@]13CCCC[C@H]1[C@H](C2)N(CCc1ccccc1)CC3. The molecule has 2 bridgehead atoms. The van der Waals surface area contributed by atoms with E-state index in [0.29, 0.717) is 17.2 Å². The summed E-state index contributed by atoms with van der Waals surface area (Å²) < 4.78 is 0. The Morgan fingerprint density at radius 3 is 2.81 bits per heavy atom. The summed E-state index contributed by atoms with van der Waals surface area (Å²) in [5.74, 6) is 1.22. The summed E-state index contributed by atoms with van der Waals surface area (Å²) in [6.45, 7) is 2.39. The van der Waals surface area contributed by atoms with Crippen molar-refractivity contribution in [1.82, 2.24) is 4.90 Å². The van der Waals surface area contributed by atoms with E-state index in [2.05, 4.69) is 47.4 Å². The zero-order valence-electron chi connectivity index (χ0n) is 15.5. The minimum absolute atomic E-state index is 0.332. The molecule has 2 aromatic rings. The standard InChI is InChI=1S/C24H29NO/c26-20-10-9-19-16-23-21-8-4-5-12-24(21,22(19)17-20)13-15-25(23)14-11-18-6-2-1-3-7-18/h1-3,6-7,9-10,17,21,23,26H,4-5,8,11-16H2/t21-,23-,24-/m0/s1. The number of phenols is 1. The number of piperidine rings is 1. The van der Waals surface area contributed by atoms with Crippen LogP contribution in [-0.4, -0.2) is 29.1 Å². The van der Waals surface area contributed by atoms with Crippen LogP contribution >= 0.6 is 0 Å². The van der Waals surface area contributed by atoms with Crippen LogP contribution in [0.2, 0.25) is 0 Å². The van der Waals surface area contributed by atoms with Crippen molar-refractivity contribution in [2.45, 2.75) is 56.4 Å². The van der Waals surface area contributed by atoms with Crippen LogP contribution in [0.15, 0.2) is 48.5 Å². The molecule has 26 heavy (non-hydrogen) atoms. The van der Waals surface area contributed by atoms with Crippen molar-refractivity contribution in [3.8, 4) is 5.75 Å². The van der Waals surface area contributed by atoms with Crippen LogP contribution in [0.1, 0.15) is 48.8 Å². The molecule has 0 radical (unpaired) electrons. The van der Waals surface area contributed by atoms with E-state index in [4.69, 9.17) is 0 Å². The van der Waals surface area contributed by atoms with Gasteiger partial charge < -0.3 is 5.11 Å². The fourth-order valence-corrected chi connectivity index (χ4v) is 6.27. The highest BCUT2D eigenvalue weighted by atomic mass is 16.3. The molecule has 0 unspecified atom stereocenters. The fourth-order valence-electron chi connectivity index (χ4n) is 6.27. The zero-order chi connectivity index (χ0) is 17.6. The molecule has 1 aliphatic heterocycles. The van der Waals surface area contributed by atoms with E-state index in [-0.39, 0.29) is 0 Å². The van der Waals surface area contributed by atoms with E-state index >= 15 is 0 Å². The van der Waals surface area contributed by atoms with Gasteiger partial charge in [0.15, 0.2) is 0 Å². The van der Waals surface area contributed by atoms with E-state index in [9.17, 15) is 5.11 Å². The van der Waals surface area contributed by atoms with Crippen LogP contribution < -0.4 is 0 Å². The number of likely N-dealkylation sites (tertiary alicyclic amines) is 1. The van der Waals surface area contributed by atoms with Gasteiger partial charge in [0.2, 0.25) is 0 Å². The lowest BCUT2D eigenvalue weighted by Crippen LogP contribution is -2.61. The third kappa shape index (κ3) is 2.58. The Bertz CT molecular complexity index is 786. The summed E-state index contributed by atoms with van der Waals surface area (Å²) in [7, 11) is 0. The monoisotopic (exact) mass is 347 g/mol. The van der Waals surface area contributed by atoms with Crippen LogP contribution in [0, 0.1) is 5.92 Å². The molecular formula is C24H29NO. The number of hydrogen-bond donors (Lipinski definition) is 1. The summed E-state index contributed by atoms with van der Waals surface area (Å²) in [6, 6.07) is 17.8. The third-order valence-electron chi connectivity index (χ3n) is 7.47. The van der Waals surface area contributed by atoms with Crippen LogP contribution in [0.25, 0.3) is 0 Å². The maximum atomic E-state index is 10.1. The largest absolute Gasteiger partial charge is 0.508 e. The topological polar surface area (TPSA) is 23.5 Å². The average molecular weight is 348 g/mol. The molecule has 0 spiro atoms. The number of aromatic hydroxyl groups is 1. The maximum absolute atomic E-state index is 10.1. The molecule has 0 amide bonds. The van der Waals surface area contributed by atoms with Crippen molar-refractivity contribution in [3.05, 3.63) is 65.2 Å². The molecule has 136 valence electrons. The molecule has 3 aliphatic rings. The first-order valence-electron chi connectivity index (χ1n) is 10.4. The van der Waals surface area contributed by atoms with E-state index < -0.39 is 0 Å². The first kappa shape index (κ1) is 16.4. The Hall–Kier alpha value is -1.80. The normalized spacial score (nSPS) is 30.5. The molecule has 2 fully saturated rings. The maximum Gasteiger partial charge on any atom is 0.115 e. The van der Waals surface area contributed by atoms with Crippen molar-refractivity contribution < 1.29 is 5.11 Å². The number of rotatable bonds is 3. The average Bonchev–Trinajstić information content (AvgIpc) is 2.69. The van der Waals surface area contributed by atoms with Gasteiger partial charge in [0.1, 0.15) is 5.75 Å². The second-order valence-electron chi connectivity index (χ2n) is 8.64. The van der Waals surface area contributed by atoms with Gasteiger partial charge in [-0.25, -0.2) is 0 Å². The molecule has 2 heteroatoms. The van der Waals surface area contributed by atoms with Gasteiger partial charge in [-0.05, 0) is 73.4 Å². The first-order chi connectivity index (χ1) is 12.8. The Morgan fingerprint density at radius 1 is 1.04 bits per heavy atom. The van der Waals surface area contributed by atoms with Crippen LogP contribution in [0.5, 0.6) is 5.75 Å². The van der Waals surface area contributed by atoms with Crippen molar-refractivity contribution >= 4 is 0 Å². The lowest BCUT2D eigenvalue weighted by atomic mass is 9.52. The van der Waals surface area contributed by atoms with Gasteiger partial charge in [0.05, 0.1) is 0 Å². The van der Waals surface area contributed by atoms with Gasteiger partial charge in [0.25, 0.3) is 0 Å². The fraction of sp³-hybridized carbons (Fsp3) is 0.500. The molecule has 1 saturated carbocycles. The summed E-state index contributed by atoms with van der Waals surface area (Å²) >= 11 is 0. The highest BCUT2D eigenvalue weighted by molar-refractivity contribution is 5.45. The Balaban J connectivity index is 1.45. The van der Waals surface area contributed by atoms with Gasteiger partial charge in [-0.2, -0.15) is 0 Å². The van der Waals surface area contributed by atoms with Crippen molar-refractivity contribution in [1.29, 1.82) is 0 Å². The Labute approximate surface area is 156 Å². The Morgan fingerprint density at radius 2 is 1.92 bits per heavy atom. The number of hydrogen-bond acceptors (Lipinski definition) is 2. The third-order valence-corrected chi connectivity index (χ3v) is 7.47. The lowest BCUT2D eigenvalue weighted by Gasteiger charge is -2.59. The number of nitrogens with zero attached hydrogens (tertiary/aromatic N) is 1. The summed E-state index contributed by atoms with van der Waals surface area (Å²) in [5, 5.41) is 10.1. The Kier molecular flexibility index (Phi) is 4.04. The molecule has 3 atom stereocenters. The molecular weight excluding hydrogens is 318 g/mol. The summed E-state index contributed by atoms with van der Waals surface area (Å²) in [4.78, 5) is 2.79. The van der Waals surface area contributed by atoms with Gasteiger partial charge in [0, 0.05) is 18.0 Å². The van der Waals surface area contributed by atoms with Gasteiger partial charge in [-0.15, -0.1) is 0 Å². The van der Waals surface area contributed by atoms with E-state index in [1.165, 1.54) is 61.9 Å². The van der Waals surface area contributed by atoms with Crippen LogP contribution in [0.3, 0.4) is 0 Å². The predicted molar refractivity (Wildman–Crippen MR) is 106 cm³/mol. The van der Waals surface area contributed by atoms with Crippen LogP contribution in [0.4, 0.5) is 0 Å². The highest BCUT2D eigenvalue weighted by Crippen LogP contribution is 2.56. The predicted octanol–water partition coefficient (Wildman–Crippen LogP) is 4.69. The van der Waals surface area contributed by atoms with Crippen molar-refractivity contribution in [2.75, 3.05) is 13.1 Å². The first-order valence-corrected chi connectivity index (χ1v) is 10.4. The minimum atomic E-state index is 0.332. The molecule has 5 rings (SSSR count). The zero-order valence-corrected chi connectivity index (χ0v) is 15.5. The number of benzene rings is 2. The quantitative estimate of drug-likeness (QED) is 0.870. The van der Waals surface area contributed by atoms with Crippen LogP contribution in [-0.2, 0) is 18.3 Å². The van der Waals surface area contributed by atoms with Gasteiger partial charge in [-0.3, -0.25) is 4.90 Å². The molecule has 2 aromatic carbocycles. The van der Waals surface area contributed by atoms with Gasteiger partial charge >= 0.3 is 0 Å². The second-order valence-corrected chi connectivity index (χ2v) is 8.64. The number of fused-ring (bicyclic) bond motifs is 1. The number of phenolic OH excluding ortho intramolecular Hbond substituents is 1. The molecule has 1 N–H and O–H groups in total. The summed E-state index contributed by atoms with van der Waals surface area (Å²) in [6.07, 6.45) is 8.99. The summed E-state index contributed by atoms with van der Waals surface area (Å²) in [5.41, 5.74) is 4.77. The van der Waals surface area contributed by atoms with Crippen molar-refractivity contribution in [3.63, 3.8) is 0 Å². The van der Waals surface area contributed by atoms with Gasteiger partial charge in [-0.1, -0.05) is 49.2 Å². The second kappa shape index (κ2) is 6.42. The molecule has 2 nitrogen and oxygen atoms in total. The van der Waals surface area contributed by atoms with E-state index in [0.717, 1.165) is 18.8 Å². The molecule has 1 saturated heterocycles. The minimum Gasteiger partial charge on any atom is -0.508 e. The molecule has 1 heterocycles. The lowest BCUT2D eigenvalue weighted by molar-refractivity contribution is -0.0106. The smallest absolute Gasteiger partial charge is 0.115 e. The molecule has 0 aromatic heterocycles. The highest BCUT2D eigenvalue weighted by Gasteiger charge is 2.53. The molecule has 2 aliphatic carbocycles. The van der Waals surface area contributed by atoms with E-state index in [1.807, 2.05) is 6.07 Å². The van der Waals surface area contributed by atoms with E-state index in [1.54, 1.807) is 0 Å².